The third-order valence-corrected chi connectivity index (χ3v) is 3.61. The minimum Gasteiger partial charge on any atom is -0.480 e. The molecule has 0 spiro atoms. The fourth-order valence-electron chi connectivity index (χ4n) is 2.01. The van der Waals surface area contributed by atoms with E-state index in [-0.39, 0.29) is 0 Å². The fourth-order valence-corrected chi connectivity index (χ4v) is 2.66. The molecule has 8 heteroatoms. The maximum atomic E-state index is 5.23. The van der Waals surface area contributed by atoms with Gasteiger partial charge in [-0.25, -0.2) is 15.0 Å². The van der Waals surface area contributed by atoms with Crippen molar-refractivity contribution in [1.82, 2.24) is 23.9 Å². The number of nitrogens with zero attached hydrogens (tertiary/aromatic N) is 6. The largest absolute Gasteiger partial charge is 0.480 e. The molecular formula is C12H14N6OS. The van der Waals surface area contributed by atoms with Gasteiger partial charge in [0.25, 0.3) is 0 Å². The van der Waals surface area contributed by atoms with Crippen molar-refractivity contribution in [3.05, 3.63) is 23.6 Å². The lowest BCUT2D eigenvalue weighted by molar-refractivity contribution is 0.396. The summed E-state index contributed by atoms with van der Waals surface area (Å²) < 4.78 is 11.4. The van der Waals surface area contributed by atoms with E-state index in [1.165, 1.54) is 11.5 Å². The number of ether oxygens (including phenoxy) is 1. The van der Waals surface area contributed by atoms with E-state index >= 15 is 0 Å². The third-order valence-electron chi connectivity index (χ3n) is 2.94. The van der Waals surface area contributed by atoms with Crippen molar-refractivity contribution in [3.63, 3.8) is 0 Å². The molecule has 3 heterocycles. The number of anilines is 1. The average Bonchev–Trinajstić information content (AvgIpc) is 3.06. The number of aromatic nitrogens is 5. The second kappa shape index (κ2) is 5.04. The van der Waals surface area contributed by atoms with Gasteiger partial charge < -0.3 is 14.2 Å². The highest BCUT2D eigenvalue weighted by Crippen LogP contribution is 2.23. The van der Waals surface area contributed by atoms with Crippen LogP contribution < -0.4 is 9.64 Å². The van der Waals surface area contributed by atoms with E-state index in [4.69, 9.17) is 4.74 Å². The van der Waals surface area contributed by atoms with Gasteiger partial charge in [0.2, 0.25) is 5.88 Å². The maximum absolute atomic E-state index is 5.23. The molecule has 0 fully saturated rings. The quantitative estimate of drug-likeness (QED) is 0.723. The molecule has 0 aliphatic rings. The van der Waals surface area contributed by atoms with Crippen LogP contribution in [0, 0.1) is 0 Å². The van der Waals surface area contributed by atoms with Crippen molar-refractivity contribution in [2.45, 2.75) is 6.54 Å². The van der Waals surface area contributed by atoms with Crippen LogP contribution in [0.15, 0.2) is 18.0 Å². The van der Waals surface area contributed by atoms with E-state index < -0.39 is 0 Å². The molecule has 0 saturated heterocycles. The van der Waals surface area contributed by atoms with Gasteiger partial charge in [-0.2, -0.15) is 4.37 Å². The van der Waals surface area contributed by atoms with Crippen molar-refractivity contribution in [2.75, 3.05) is 26.1 Å². The molecule has 0 saturated carbocycles. The standard InChI is InChI=1S/C12H14N6OS/c1-17(2)10-9-11(14-6-13-10)18(7-15-9)4-8-5-20-16-12(8)19-3/h5-7H,4H2,1-3H3. The van der Waals surface area contributed by atoms with E-state index in [0.717, 1.165) is 22.5 Å². The summed E-state index contributed by atoms with van der Waals surface area (Å²) in [6.45, 7) is 0.625. The lowest BCUT2D eigenvalue weighted by Gasteiger charge is -2.10. The molecule has 0 bridgehead atoms. The first-order valence-electron chi connectivity index (χ1n) is 6.01. The Balaban J connectivity index is 2.03. The smallest absolute Gasteiger partial charge is 0.229 e. The fraction of sp³-hybridized carbons (Fsp3) is 0.333. The van der Waals surface area contributed by atoms with Gasteiger partial charge in [0.1, 0.15) is 6.33 Å². The van der Waals surface area contributed by atoms with Gasteiger partial charge >= 0.3 is 0 Å². The van der Waals surface area contributed by atoms with E-state index in [2.05, 4.69) is 19.3 Å². The van der Waals surface area contributed by atoms with E-state index in [1.807, 2.05) is 28.9 Å². The number of hydrogen-bond acceptors (Lipinski definition) is 7. The molecule has 0 N–H and O–H groups in total. The number of hydrogen-bond donors (Lipinski definition) is 0. The van der Waals surface area contributed by atoms with Crippen molar-refractivity contribution >= 4 is 28.5 Å². The minimum atomic E-state index is 0.625. The SMILES string of the molecule is COc1nscc1Cn1cnc2c(N(C)C)ncnc21. The van der Waals surface area contributed by atoms with Crippen LogP contribution in [-0.4, -0.2) is 45.1 Å². The van der Waals surface area contributed by atoms with Crippen LogP contribution in [0.4, 0.5) is 5.82 Å². The zero-order valence-electron chi connectivity index (χ0n) is 11.4. The zero-order valence-corrected chi connectivity index (χ0v) is 12.3. The first kappa shape index (κ1) is 12.8. The molecule has 3 rings (SSSR count). The van der Waals surface area contributed by atoms with Crippen molar-refractivity contribution in [3.8, 4) is 5.88 Å². The summed E-state index contributed by atoms with van der Waals surface area (Å²) in [5, 5.41) is 1.97. The molecular weight excluding hydrogens is 276 g/mol. The van der Waals surface area contributed by atoms with Crippen LogP contribution in [-0.2, 0) is 6.54 Å². The zero-order chi connectivity index (χ0) is 14.1. The topological polar surface area (TPSA) is 69.0 Å². The summed E-state index contributed by atoms with van der Waals surface area (Å²) in [6.07, 6.45) is 3.32. The summed E-state index contributed by atoms with van der Waals surface area (Å²) in [4.78, 5) is 14.9. The van der Waals surface area contributed by atoms with Gasteiger partial charge in [-0.15, -0.1) is 0 Å². The lowest BCUT2D eigenvalue weighted by Crippen LogP contribution is -2.11. The van der Waals surface area contributed by atoms with Crippen molar-refractivity contribution in [1.29, 1.82) is 0 Å². The second-order valence-corrected chi connectivity index (χ2v) is 5.11. The number of imidazole rings is 1. The predicted molar refractivity (Wildman–Crippen MR) is 77.4 cm³/mol. The van der Waals surface area contributed by atoms with Crippen LogP contribution in [0.25, 0.3) is 11.2 Å². The Morgan fingerprint density at radius 2 is 2.15 bits per heavy atom. The van der Waals surface area contributed by atoms with Gasteiger partial charge in [-0.05, 0) is 11.5 Å². The van der Waals surface area contributed by atoms with Crippen LogP contribution in [0.5, 0.6) is 5.88 Å². The Hall–Kier alpha value is -2.22. The number of fused-ring (bicyclic) bond motifs is 1. The van der Waals surface area contributed by atoms with Crippen molar-refractivity contribution < 1.29 is 4.74 Å². The molecule has 20 heavy (non-hydrogen) atoms. The Kier molecular flexibility index (Phi) is 3.23. The molecule has 0 aliphatic heterocycles. The van der Waals surface area contributed by atoms with E-state index in [9.17, 15) is 0 Å². The number of rotatable bonds is 4. The predicted octanol–water partition coefficient (Wildman–Crippen LogP) is 1.41. The third kappa shape index (κ3) is 2.07. The molecule has 0 radical (unpaired) electrons. The highest BCUT2D eigenvalue weighted by molar-refractivity contribution is 7.03. The van der Waals surface area contributed by atoms with Gasteiger partial charge in [0, 0.05) is 25.0 Å². The molecule has 3 aromatic rings. The molecule has 7 nitrogen and oxygen atoms in total. The average molecular weight is 290 g/mol. The Morgan fingerprint density at radius 3 is 2.90 bits per heavy atom. The second-order valence-electron chi connectivity index (χ2n) is 4.49. The highest BCUT2D eigenvalue weighted by atomic mass is 32.1. The van der Waals surface area contributed by atoms with E-state index in [1.54, 1.807) is 19.8 Å². The van der Waals surface area contributed by atoms with E-state index in [0.29, 0.717) is 12.4 Å². The maximum Gasteiger partial charge on any atom is 0.229 e. The summed E-state index contributed by atoms with van der Waals surface area (Å²) in [5.41, 5.74) is 2.61. The molecule has 0 amide bonds. The molecule has 3 aromatic heterocycles. The molecule has 0 atom stereocenters. The first-order chi connectivity index (χ1) is 9.70. The van der Waals surface area contributed by atoms with Gasteiger partial charge in [0.05, 0.1) is 20.0 Å². The molecule has 0 unspecified atom stereocenters. The molecule has 0 aliphatic carbocycles. The van der Waals surface area contributed by atoms with Crippen LogP contribution in [0.1, 0.15) is 5.56 Å². The lowest BCUT2D eigenvalue weighted by atomic mass is 10.3. The summed E-state index contributed by atoms with van der Waals surface area (Å²) in [5.74, 6) is 1.46. The summed E-state index contributed by atoms with van der Waals surface area (Å²) in [6, 6.07) is 0. The van der Waals surface area contributed by atoms with Crippen LogP contribution in [0.3, 0.4) is 0 Å². The van der Waals surface area contributed by atoms with Gasteiger partial charge in [-0.1, -0.05) is 0 Å². The number of methoxy groups -OCH3 is 1. The summed E-state index contributed by atoms with van der Waals surface area (Å²) in [7, 11) is 5.50. The first-order valence-corrected chi connectivity index (χ1v) is 6.84. The summed E-state index contributed by atoms with van der Waals surface area (Å²) >= 11 is 1.38. The van der Waals surface area contributed by atoms with Crippen LogP contribution in [0.2, 0.25) is 0 Å². The monoisotopic (exact) mass is 290 g/mol. The Labute approximate surface area is 120 Å². The normalized spacial score (nSPS) is 10.9. The van der Waals surface area contributed by atoms with Crippen molar-refractivity contribution in [2.24, 2.45) is 0 Å². The van der Waals surface area contributed by atoms with Crippen LogP contribution >= 0.6 is 11.5 Å². The highest BCUT2D eigenvalue weighted by Gasteiger charge is 2.13. The molecule has 104 valence electrons. The molecule has 0 aromatic carbocycles. The minimum absolute atomic E-state index is 0.625. The Bertz CT molecular complexity index is 734. The Morgan fingerprint density at radius 1 is 1.30 bits per heavy atom. The van der Waals surface area contributed by atoms with Gasteiger partial charge in [0.15, 0.2) is 17.0 Å². The van der Waals surface area contributed by atoms with Gasteiger partial charge in [-0.3, -0.25) is 0 Å².